The Kier molecular flexibility index (Phi) is 4.10. The first-order valence-electron chi connectivity index (χ1n) is 5.68. The molecule has 5 heteroatoms. The van der Waals surface area contributed by atoms with Gasteiger partial charge in [0.05, 0.1) is 24.8 Å². The molecule has 0 aliphatic carbocycles. The van der Waals surface area contributed by atoms with Crippen LogP contribution in [0.5, 0.6) is 5.75 Å². The third-order valence-corrected chi connectivity index (χ3v) is 3.34. The number of rotatable bonds is 3. The van der Waals surface area contributed by atoms with Gasteiger partial charge in [0, 0.05) is 31.4 Å². The van der Waals surface area contributed by atoms with Crippen molar-refractivity contribution in [1.29, 1.82) is 0 Å². The fourth-order valence-electron chi connectivity index (χ4n) is 2.09. The zero-order valence-electron chi connectivity index (χ0n) is 9.82. The van der Waals surface area contributed by atoms with Gasteiger partial charge in [-0.05, 0) is 12.1 Å². The maximum absolute atomic E-state index is 9.36. The SMILES string of the molecule is COc1cc(N2CCNC[C@@H]2CO)ccc1Cl. The number of methoxy groups -OCH3 is 1. The smallest absolute Gasteiger partial charge is 0.139 e. The molecule has 1 atom stereocenters. The molecule has 0 radical (unpaired) electrons. The van der Waals surface area contributed by atoms with Gasteiger partial charge in [0.25, 0.3) is 0 Å². The van der Waals surface area contributed by atoms with E-state index in [4.69, 9.17) is 16.3 Å². The molecule has 1 saturated heterocycles. The fraction of sp³-hybridized carbons (Fsp3) is 0.500. The summed E-state index contributed by atoms with van der Waals surface area (Å²) in [5.74, 6) is 0.666. The van der Waals surface area contributed by atoms with Crippen LogP contribution >= 0.6 is 11.6 Å². The van der Waals surface area contributed by atoms with E-state index in [0.29, 0.717) is 10.8 Å². The van der Waals surface area contributed by atoms with Gasteiger partial charge in [0.1, 0.15) is 5.75 Å². The van der Waals surface area contributed by atoms with Crippen molar-refractivity contribution in [2.75, 3.05) is 38.3 Å². The quantitative estimate of drug-likeness (QED) is 0.851. The van der Waals surface area contributed by atoms with Crippen molar-refractivity contribution in [3.05, 3.63) is 23.2 Å². The Balaban J connectivity index is 2.25. The number of hydrogen-bond donors (Lipinski definition) is 2. The van der Waals surface area contributed by atoms with E-state index in [1.54, 1.807) is 7.11 Å². The van der Waals surface area contributed by atoms with Crippen molar-refractivity contribution in [3.8, 4) is 5.75 Å². The Bertz CT molecular complexity index is 387. The third kappa shape index (κ3) is 2.65. The van der Waals surface area contributed by atoms with E-state index in [1.165, 1.54) is 0 Å². The molecule has 1 aromatic carbocycles. The number of benzene rings is 1. The van der Waals surface area contributed by atoms with E-state index in [2.05, 4.69) is 10.2 Å². The lowest BCUT2D eigenvalue weighted by molar-refractivity contribution is 0.246. The first kappa shape index (κ1) is 12.5. The summed E-state index contributed by atoms with van der Waals surface area (Å²) in [7, 11) is 1.60. The first-order chi connectivity index (χ1) is 8.26. The van der Waals surface area contributed by atoms with Gasteiger partial charge in [-0.2, -0.15) is 0 Å². The number of anilines is 1. The van der Waals surface area contributed by atoms with Gasteiger partial charge < -0.3 is 20.1 Å². The zero-order chi connectivity index (χ0) is 12.3. The predicted octanol–water partition coefficient (Wildman–Crippen LogP) is 1.12. The topological polar surface area (TPSA) is 44.7 Å². The Morgan fingerprint density at radius 3 is 3.12 bits per heavy atom. The highest BCUT2D eigenvalue weighted by Crippen LogP contribution is 2.30. The number of nitrogens with zero attached hydrogens (tertiary/aromatic N) is 1. The van der Waals surface area contributed by atoms with Gasteiger partial charge in [-0.25, -0.2) is 0 Å². The van der Waals surface area contributed by atoms with Crippen LogP contribution in [-0.4, -0.2) is 44.5 Å². The maximum Gasteiger partial charge on any atom is 0.139 e. The molecule has 2 N–H and O–H groups in total. The van der Waals surface area contributed by atoms with Crippen LogP contribution in [0.4, 0.5) is 5.69 Å². The van der Waals surface area contributed by atoms with Crippen LogP contribution in [0.2, 0.25) is 5.02 Å². The van der Waals surface area contributed by atoms with Crippen LogP contribution in [0.25, 0.3) is 0 Å². The van der Waals surface area contributed by atoms with E-state index in [9.17, 15) is 5.11 Å². The molecule has 2 rings (SSSR count). The molecule has 0 bridgehead atoms. The molecule has 0 spiro atoms. The first-order valence-corrected chi connectivity index (χ1v) is 6.06. The summed E-state index contributed by atoms with van der Waals surface area (Å²) in [6.07, 6.45) is 0. The molecular weight excluding hydrogens is 240 g/mol. The van der Waals surface area contributed by atoms with E-state index >= 15 is 0 Å². The van der Waals surface area contributed by atoms with Crippen LogP contribution in [-0.2, 0) is 0 Å². The van der Waals surface area contributed by atoms with Crippen molar-refractivity contribution >= 4 is 17.3 Å². The third-order valence-electron chi connectivity index (χ3n) is 3.03. The van der Waals surface area contributed by atoms with Crippen LogP contribution in [0, 0.1) is 0 Å². The summed E-state index contributed by atoms with van der Waals surface area (Å²) in [4.78, 5) is 2.18. The van der Waals surface area contributed by atoms with E-state index in [0.717, 1.165) is 25.3 Å². The average molecular weight is 257 g/mol. The molecule has 17 heavy (non-hydrogen) atoms. The summed E-state index contributed by atoms with van der Waals surface area (Å²) in [6, 6.07) is 5.80. The summed E-state index contributed by atoms with van der Waals surface area (Å²) in [5.41, 5.74) is 1.03. The molecule has 0 unspecified atom stereocenters. The summed E-state index contributed by atoms with van der Waals surface area (Å²) in [5, 5.41) is 13.2. The number of piperazine rings is 1. The normalized spacial score (nSPS) is 20.4. The van der Waals surface area contributed by atoms with Gasteiger partial charge in [0.2, 0.25) is 0 Å². The lowest BCUT2D eigenvalue weighted by Crippen LogP contribution is -2.53. The molecule has 0 amide bonds. The Labute approximate surface area is 106 Å². The molecule has 0 saturated carbocycles. The molecule has 1 heterocycles. The number of aliphatic hydroxyl groups is 1. The van der Waals surface area contributed by atoms with Crippen molar-refractivity contribution in [3.63, 3.8) is 0 Å². The highest BCUT2D eigenvalue weighted by molar-refractivity contribution is 6.32. The zero-order valence-corrected chi connectivity index (χ0v) is 10.6. The van der Waals surface area contributed by atoms with Gasteiger partial charge in [0.15, 0.2) is 0 Å². The number of nitrogens with one attached hydrogen (secondary N) is 1. The van der Waals surface area contributed by atoms with Gasteiger partial charge in [-0.15, -0.1) is 0 Å². The molecule has 1 aromatic rings. The van der Waals surface area contributed by atoms with Gasteiger partial charge in [-0.3, -0.25) is 0 Å². The van der Waals surface area contributed by atoms with E-state index in [1.807, 2.05) is 18.2 Å². The minimum absolute atomic E-state index is 0.106. The van der Waals surface area contributed by atoms with Crippen LogP contribution in [0.15, 0.2) is 18.2 Å². The van der Waals surface area contributed by atoms with Gasteiger partial charge >= 0.3 is 0 Å². The van der Waals surface area contributed by atoms with E-state index < -0.39 is 0 Å². The lowest BCUT2D eigenvalue weighted by Gasteiger charge is -2.37. The summed E-state index contributed by atoms with van der Waals surface area (Å²) >= 11 is 6.00. The van der Waals surface area contributed by atoms with Crippen molar-refractivity contribution in [2.45, 2.75) is 6.04 Å². The van der Waals surface area contributed by atoms with Crippen molar-refractivity contribution in [1.82, 2.24) is 5.32 Å². The molecule has 4 nitrogen and oxygen atoms in total. The Morgan fingerprint density at radius 2 is 2.41 bits per heavy atom. The number of ether oxygens (including phenoxy) is 1. The average Bonchev–Trinajstić information content (AvgIpc) is 2.39. The summed E-state index contributed by atoms with van der Waals surface area (Å²) in [6.45, 7) is 2.72. The second-order valence-electron chi connectivity index (χ2n) is 4.05. The largest absolute Gasteiger partial charge is 0.495 e. The maximum atomic E-state index is 9.36. The second-order valence-corrected chi connectivity index (χ2v) is 4.46. The van der Waals surface area contributed by atoms with Crippen molar-refractivity contribution < 1.29 is 9.84 Å². The standard InChI is InChI=1S/C12H17ClN2O2/c1-17-12-6-9(2-3-11(12)13)15-5-4-14-7-10(15)8-16/h2-3,6,10,14,16H,4-5,7-8H2,1H3/t10-/m1/s1. The minimum atomic E-state index is 0.106. The highest BCUT2D eigenvalue weighted by Gasteiger charge is 2.22. The second kappa shape index (κ2) is 5.58. The van der Waals surface area contributed by atoms with Crippen LogP contribution in [0.3, 0.4) is 0 Å². The van der Waals surface area contributed by atoms with Crippen LogP contribution in [0.1, 0.15) is 0 Å². The monoisotopic (exact) mass is 256 g/mol. The van der Waals surface area contributed by atoms with E-state index in [-0.39, 0.29) is 12.6 Å². The molecule has 1 aliphatic rings. The molecular formula is C12H17ClN2O2. The number of halogens is 1. The number of hydrogen-bond acceptors (Lipinski definition) is 4. The predicted molar refractivity (Wildman–Crippen MR) is 69.1 cm³/mol. The minimum Gasteiger partial charge on any atom is -0.495 e. The highest BCUT2D eigenvalue weighted by atomic mass is 35.5. The van der Waals surface area contributed by atoms with Crippen molar-refractivity contribution in [2.24, 2.45) is 0 Å². The summed E-state index contributed by atoms with van der Waals surface area (Å²) < 4.78 is 5.21. The Morgan fingerprint density at radius 1 is 1.59 bits per heavy atom. The molecule has 1 aliphatic heterocycles. The van der Waals surface area contributed by atoms with Gasteiger partial charge in [-0.1, -0.05) is 11.6 Å². The molecule has 94 valence electrons. The lowest BCUT2D eigenvalue weighted by atomic mass is 10.1. The number of aliphatic hydroxyl groups excluding tert-OH is 1. The van der Waals surface area contributed by atoms with Crippen LogP contribution < -0.4 is 15.0 Å². The molecule has 1 fully saturated rings. The molecule has 0 aromatic heterocycles. The fourth-order valence-corrected chi connectivity index (χ4v) is 2.29. The Hall–Kier alpha value is -0.970.